The van der Waals surface area contributed by atoms with E-state index in [1.807, 2.05) is 56.3 Å². The van der Waals surface area contributed by atoms with Gasteiger partial charge < -0.3 is 9.80 Å². The van der Waals surface area contributed by atoms with Crippen LogP contribution in [0, 0.1) is 5.82 Å². The van der Waals surface area contributed by atoms with Crippen LogP contribution >= 0.6 is 23.4 Å². The molecule has 0 saturated carbocycles. The average molecular weight is 481 g/mol. The molecule has 0 radical (unpaired) electrons. The fourth-order valence-electron chi connectivity index (χ4n) is 4.69. The standard InChI is InChI=1S/C26H22ClFN2O2S/c1-25(2)16-30(23(31)17-9-7-10-19(28)14-17)26(33-25)20-11-4-6-13-22(20)29(24(26)32)15-18-8-3-5-12-21(18)27/h3-14H,15-16H2,1-2H3/t26-/m0/s1. The number of nitrogens with zero attached hydrogens (tertiary/aromatic N) is 2. The van der Waals surface area contributed by atoms with E-state index in [4.69, 9.17) is 11.6 Å². The first-order valence-corrected chi connectivity index (χ1v) is 11.8. The van der Waals surface area contributed by atoms with Gasteiger partial charge in [-0.15, -0.1) is 11.8 Å². The van der Waals surface area contributed by atoms with Gasteiger partial charge in [-0.25, -0.2) is 4.39 Å². The van der Waals surface area contributed by atoms with Gasteiger partial charge in [-0.2, -0.15) is 0 Å². The molecule has 2 heterocycles. The van der Waals surface area contributed by atoms with Crippen LogP contribution in [0.3, 0.4) is 0 Å². The van der Waals surface area contributed by atoms with Crippen LogP contribution in [0.1, 0.15) is 35.3 Å². The Morgan fingerprint density at radius 2 is 1.79 bits per heavy atom. The molecule has 3 aromatic rings. The summed E-state index contributed by atoms with van der Waals surface area (Å²) in [6.07, 6.45) is 0. The molecule has 0 aliphatic carbocycles. The van der Waals surface area contributed by atoms with Crippen molar-refractivity contribution in [3.05, 3.63) is 100 Å². The second-order valence-corrected chi connectivity index (χ2v) is 11.2. The second-order valence-electron chi connectivity index (χ2n) is 8.91. The van der Waals surface area contributed by atoms with E-state index >= 15 is 0 Å². The number of para-hydroxylation sites is 1. The summed E-state index contributed by atoms with van der Waals surface area (Å²) in [5.41, 5.74) is 2.57. The molecule has 7 heteroatoms. The van der Waals surface area contributed by atoms with Gasteiger partial charge in [-0.3, -0.25) is 9.59 Å². The number of hydrogen-bond donors (Lipinski definition) is 0. The highest BCUT2D eigenvalue weighted by Gasteiger charge is 2.63. The third-order valence-electron chi connectivity index (χ3n) is 6.04. The number of benzene rings is 3. The smallest absolute Gasteiger partial charge is 0.268 e. The lowest BCUT2D eigenvalue weighted by atomic mass is 10.0. The normalized spacial score (nSPS) is 21.0. The van der Waals surface area contributed by atoms with Gasteiger partial charge in [0.15, 0.2) is 4.87 Å². The molecule has 0 aromatic heterocycles. The Morgan fingerprint density at radius 3 is 2.55 bits per heavy atom. The van der Waals surface area contributed by atoms with Gasteiger partial charge in [0.2, 0.25) is 0 Å². The first-order chi connectivity index (χ1) is 15.7. The number of anilines is 1. The lowest BCUT2D eigenvalue weighted by Crippen LogP contribution is -2.50. The molecule has 168 valence electrons. The number of halogens is 2. The van der Waals surface area contributed by atoms with Crippen molar-refractivity contribution < 1.29 is 14.0 Å². The lowest BCUT2D eigenvalue weighted by molar-refractivity contribution is -0.123. The Balaban J connectivity index is 1.64. The van der Waals surface area contributed by atoms with Gasteiger partial charge >= 0.3 is 0 Å². The first kappa shape index (κ1) is 22.0. The zero-order valence-electron chi connectivity index (χ0n) is 18.2. The maximum absolute atomic E-state index is 14.2. The molecule has 0 N–H and O–H groups in total. The monoisotopic (exact) mass is 480 g/mol. The third-order valence-corrected chi connectivity index (χ3v) is 8.00. The Kier molecular flexibility index (Phi) is 5.26. The number of rotatable bonds is 3. The number of amides is 2. The summed E-state index contributed by atoms with van der Waals surface area (Å²) < 4.78 is 13.5. The van der Waals surface area contributed by atoms with E-state index in [0.717, 1.165) is 16.8 Å². The van der Waals surface area contributed by atoms with Gasteiger partial charge in [0, 0.05) is 27.4 Å². The third kappa shape index (κ3) is 3.52. The summed E-state index contributed by atoms with van der Waals surface area (Å²) in [6, 6.07) is 20.6. The largest absolute Gasteiger partial charge is 0.310 e. The molecule has 1 spiro atoms. The van der Waals surface area contributed by atoms with Crippen LogP contribution < -0.4 is 4.90 Å². The zero-order chi connectivity index (χ0) is 23.4. The zero-order valence-corrected chi connectivity index (χ0v) is 19.8. The predicted molar refractivity (Wildman–Crippen MR) is 130 cm³/mol. The fourth-order valence-corrected chi connectivity index (χ4v) is 6.61. The van der Waals surface area contributed by atoms with Crippen LogP contribution in [0.25, 0.3) is 0 Å². The van der Waals surface area contributed by atoms with Crippen molar-refractivity contribution in [2.45, 2.75) is 30.0 Å². The van der Waals surface area contributed by atoms with Crippen LogP contribution in [0.15, 0.2) is 72.8 Å². The highest BCUT2D eigenvalue weighted by Crippen LogP contribution is 2.60. The van der Waals surface area contributed by atoms with Gasteiger partial charge in [-0.1, -0.05) is 54.1 Å². The highest BCUT2D eigenvalue weighted by atomic mass is 35.5. The molecule has 33 heavy (non-hydrogen) atoms. The Labute approximate surface area is 201 Å². The maximum Gasteiger partial charge on any atom is 0.268 e. The molecule has 2 aliphatic heterocycles. The summed E-state index contributed by atoms with van der Waals surface area (Å²) in [6.45, 7) is 4.68. The van der Waals surface area contributed by atoms with Gasteiger partial charge in [0.25, 0.3) is 11.8 Å². The molecule has 2 amide bonds. The highest BCUT2D eigenvalue weighted by molar-refractivity contribution is 8.02. The fraction of sp³-hybridized carbons (Fsp3) is 0.231. The van der Waals surface area contributed by atoms with E-state index in [-0.39, 0.29) is 22.1 Å². The topological polar surface area (TPSA) is 40.6 Å². The van der Waals surface area contributed by atoms with Crippen LogP contribution in [0.5, 0.6) is 0 Å². The van der Waals surface area contributed by atoms with E-state index in [1.54, 1.807) is 21.9 Å². The first-order valence-electron chi connectivity index (χ1n) is 10.7. The molecule has 1 atom stereocenters. The molecular formula is C26H22ClFN2O2S. The van der Waals surface area contributed by atoms with Crippen molar-refractivity contribution in [1.82, 2.24) is 4.90 Å². The van der Waals surface area contributed by atoms with Crippen molar-refractivity contribution in [2.24, 2.45) is 0 Å². The molecule has 0 unspecified atom stereocenters. The van der Waals surface area contributed by atoms with Gasteiger partial charge in [0.1, 0.15) is 5.82 Å². The molecule has 2 aliphatic rings. The van der Waals surface area contributed by atoms with E-state index in [1.165, 1.54) is 30.0 Å². The summed E-state index contributed by atoms with van der Waals surface area (Å²) in [7, 11) is 0. The van der Waals surface area contributed by atoms with Crippen molar-refractivity contribution in [3.63, 3.8) is 0 Å². The number of carbonyl (C=O) groups is 2. The second kappa shape index (κ2) is 7.89. The van der Waals surface area contributed by atoms with Crippen molar-refractivity contribution >= 4 is 40.9 Å². The minimum absolute atomic E-state index is 0.191. The Morgan fingerprint density at radius 1 is 1.06 bits per heavy atom. The van der Waals surface area contributed by atoms with Crippen LogP contribution in [0.2, 0.25) is 5.02 Å². The van der Waals surface area contributed by atoms with Crippen LogP contribution in [-0.4, -0.2) is 28.0 Å². The number of fused-ring (bicyclic) bond motifs is 2. The predicted octanol–water partition coefficient (Wildman–Crippen LogP) is 5.85. The Hall–Kier alpha value is -2.83. The molecule has 5 rings (SSSR count). The van der Waals surface area contributed by atoms with Gasteiger partial charge in [0.05, 0.1) is 12.2 Å². The van der Waals surface area contributed by atoms with Crippen LogP contribution in [-0.2, 0) is 16.2 Å². The molecule has 4 nitrogen and oxygen atoms in total. The average Bonchev–Trinajstić information content (AvgIpc) is 3.21. The quantitative estimate of drug-likeness (QED) is 0.472. The van der Waals surface area contributed by atoms with E-state index in [9.17, 15) is 14.0 Å². The van der Waals surface area contributed by atoms with Crippen molar-refractivity contribution in [2.75, 3.05) is 11.4 Å². The molecule has 1 saturated heterocycles. The summed E-state index contributed by atoms with van der Waals surface area (Å²) in [5, 5.41) is 0.579. The number of carbonyl (C=O) groups excluding carboxylic acids is 2. The van der Waals surface area contributed by atoms with E-state index in [0.29, 0.717) is 18.1 Å². The SMILES string of the molecule is CC1(C)CN(C(=O)c2cccc(F)c2)[C@@]2(S1)C(=O)N(Cc1ccccc1Cl)c1ccccc12. The van der Waals surface area contributed by atoms with E-state index < -0.39 is 10.7 Å². The number of thioether (sulfide) groups is 1. The maximum atomic E-state index is 14.2. The minimum atomic E-state index is -1.23. The molecule has 1 fully saturated rings. The minimum Gasteiger partial charge on any atom is -0.310 e. The summed E-state index contributed by atoms with van der Waals surface area (Å²) in [4.78, 5) is 30.0. The van der Waals surface area contributed by atoms with Crippen molar-refractivity contribution in [3.8, 4) is 0 Å². The van der Waals surface area contributed by atoms with Gasteiger partial charge in [-0.05, 0) is 49.7 Å². The van der Waals surface area contributed by atoms with Crippen LogP contribution in [0.4, 0.5) is 10.1 Å². The number of hydrogen-bond acceptors (Lipinski definition) is 3. The van der Waals surface area contributed by atoms with E-state index in [2.05, 4.69) is 0 Å². The summed E-state index contributed by atoms with van der Waals surface area (Å²) in [5.74, 6) is -1.04. The van der Waals surface area contributed by atoms with Crippen molar-refractivity contribution in [1.29, 1.82) is 0 Å². The summed E-state index contributed by atoms with van der Waals surface area (Å²) >= 11 is 7.87. The molecule has 3 aromatic carbocycles. The Bertz CT molecular complexity index is 1280. The lowest BCUT2D eigenvalue weighted by Gasteiger charge is -2.33. The molecular weight excluding hydrogens is 459 g/mol. The molecule has 0 bridgehead atoms.